The molecule has 0 aliphatic heterocycles. The molecule has 4 heteroatoms. The minimum atomic E-state index is -0.0608. The molecular weight excluding hydrogens is 230 g/mol. The quantitative estimate of drug-likeness (QED) is 0.869. The van der Waals surface area contributed by atoms with E-state index >= 15 is 0 Å². The van der Waals surface area contributed by atoms with Crippen molar-refractivity contribution in [2.45, 2.75) is 31.7 Å². The average molecular weight is 247 g/mol. The van der Waals surface area contributed by atoms with Crippen molar-refractivity contribution in [1.82, 2.24) is 4.90 Å². The van der Waals surface area contributed by atoms with Crippen LogP contribution in [0.5, 0.6) is 5.75 Å². The van der Waals surface area contributed by atoms with Crippen LogP contribution in [-0.4, -0.2) is 34.8 Å². The first-order valence-corrected chi connectivity index (χ1v) is 6.16. The molecular formula is C14H17NO3. The van der Waals surface area contributed by atoms with Crippen LogP contribution >= 0.6 is 0 Å². The molecule has 96 valence electrons. The molecule has 1 aliphatic rings. The number of phenols is 1. The molecule has 18 heavy (non-hydrogen) atoms. The van der Waals surface area contributed by atoms with Gasteiger partial charge in [0.1, 0.15) is 11.5 Å². The van der Waals surface area contributed by atoms with Gasteiger partial charge in [-0.2, -0.15) is 0 Å². The highest BCUT2D eigenvalue weighted by Gasteiger charge is 2.25. The van der Waals surface area contributed by atoms with Crippen molar-refractivity contribution >= 4 is 11.7 Å². The van der Waals surface area contributed by atoms with E-state index in [1.807, 2.05) is 0 Å². The molecule has 1 aliphatic carbocycles. The first-order chi connectivity index (χ1) is 8.58. The van der Waals surface area contributed by atoms with Crippen molar-refractivity contribution in [1.29, 1.82) is 0 Å². The Labute approximate surface area is 106 Å². The van der Waals surface area contributed by atoms with Crippen LogP contribution in [-0.2, 0) is 4.79 Å². The van der Waals surface area contributed by atoms with Gasteiger partial charge in [0.05, 0.1) is 0 Å². The molecule has 1 aromatic rings. The average Bonchev–Trinajstić information content (AvgIpc) is 2.39. The number of nitrogens with zero attached hydrogens (tertiary/aromatic N) is 1. The zero-order chi connectivity index (χ0) is 13.1. The maximum atomic E-state index is 12.2. The van der Waals surface area contributed by atoms with Crippen LogP contribution in [0.4, 0.5) is 0 Å². The summed E-state index contributed by atoms with van der Waals surface area (Å²) < 4.78 is 0. The van der Waals surface area contributed by atoms with Crippen molar-refractivity contribution in [2.75, 3.05) is 7.05 Å². The molecule has 1 amide bonds. The van der Waals surface area contributed by atoms with Gasteiger partial charge in [0.25, 0.3) is 5.91 Å². The molecule has 0 bridgehead atoms. The molecule has 1 saturated carbocycles. The maximum Gasteiger partial charge on any atom is 0.253 e. The Morgan fingerprint density at radius 1 is 1.22 bits per heavy atom. The Hall–Kier alpha value is -1.84. The van der Waals surface area contributed by atoms with E-state index in [0.29, 0.717) is 18.4 Å². The highest BCUT2D eigenvalue weighted by molar-refractivity contribution is 5.94. The number of carbonyl (C=O) groups is 2. The van der Waals surface area contributed by atoms with Gasteiger partial charge >= 0.3 is 0 Å². The number of hydrogen-bond donors (Lipinski definition) is 1. The van der Waals surface area contributed by atoms with Gasteiger partial charge in [0.15, 0.2) is 0 Å². The summed E-state index contributed by atoms with van der Waals surface area (Å²) in [5.74, 6) is 0.378. The summed E-state index contributed by atoms with van der Waals surface area (Å²) in [4.78, 5) is 25.1. The monoisotopic (exact) mass is 247 g/mol. The van der Waals surface area contributed by atoms with Crippen molar-refractivity contribution in [3.8, 4) is 5.75 Å². The highest BCUT2D eigenvalue weighted by Crippen LogP contribution is 2.21. The summed E-state index contributed by atoms with van der Waals surface area (Å²) in [5, 5.41) is 9.19. The number of hydrogen-bond acceptors (Lipinski definition) is 3. The van der Waals surface area contributed by atoms with Crippen molar-refractivity contribution in [3.05, 3.63) is 29.8 Å². The maximum absolute atomic E-state index is 12.2. The predicted octanol–water partition coefficient (Wildman–Crippen LogP) is 1.98. The number of ketones is 1. The number of Topliss-reactive ketones (excluding diaryl/α,β-unsaturated/α-hetero) is 1. The zero-order valence-corrected chi connectivity index (χ0v) is 10.4. The fourth-order valence-electron chi connectivity index (χ4n) is 2.29. The Balaban J connectivity index is 2.04. The van der Waals surface area contributed by atoms with Gasteiger partial charge in [-0.25, -0.2) is 0 Å². The third kappa shape index (κ3) is 2.70. The van der Waals surface area contributed by atoms with Crippen LogP contribution in [0.25, 0.3) is 0 Å². The first-order valence-electron chi connectivity index (χ1n) is 6.16. The van der Waals surface area contributed by atoms with Crippen LogP contribution in [0, 0.1) is 0 Å². The fourth-order valence-corrected chi connectivity index (χ4v) is 2.29. The van der Waals surface area contributed by atoms with Crippen LogP contribution in [0.15, 0.2) is 24.3 Å². The van der Waals surface area contributed by atoms with Gasteiger partial charge in [0.2, 0.25) is 0 Å². The predicted molar refractivity (Wildman–Crippen MR) is 67.5 cm³/mol. The Morgan fingerprint density at radius 2 is 1.78 bits per heavy atom. The summed E-state index contributed by atoms with van der Waals surface area (Å²) in [6.07, 6.45) is 2.63. The van der Waals surface area contributed by atoms with E-state index in [0.717, 1.165) is 12.8 Å². The van der Waals surface area contributed by atoms with E-state index in [-0.39, 0.29) is 23.5 Å². The molecule has 0 aromatic heterocycles. The lowest BCUT2D eigenvalue weighted by Crippen LogP contribution is -2.39. The minimum Gasteiger partial charge on any atom is -0.508 e. The Morgan fingerprint density at radius 3 is 2.33 bits per heavy atom. The SMILES string of the molecule is CN(C(=O)c1ccc(O)cc1)C1CCC(=O)CC1. The standard InChI is InChI=1S/C14H17NO3/c1-15(11-4-8-13(17)9-5-11)14(18)10-2-6-12(16)7-3-10/h2-3,6-7,11,16H,4-5,8-9H2,1H3. The summed E-state index contributed by atoms with van der Waals surface area (Å²) in [6, 6.07) is 6.38. The Bertz CT molecular complexity index is 443. The van der Waals surface area contributed by atoms with Gasteiger partial charge < -0.3 is 10.0 Å². The molecule has 0 radical (unpaired) electrons. The molecule has 0 spiro atoms. The van der Waals surface area contributed by atoms with E-state index in [1.165, 1.54) is 12.1 Å². The normalized spacial score (nSPS) is 16.6. The summed E-state index contributed by atoms with van der Waals surface area (Å²) in [5.41, 5.74) is 0.562. The van der Waals surface area contributed by atoms with Crippen molar-refractivity contribution < 1.29 is 14.7 Å². The first kappa shape index (κ1) is 12.6. The number of amides is 1. The molecule has 0 heterocycles. The number of rotatable bonds is 2. The smallest absolute Gasteiger partial charge is 0.253 e. The van der Waals surface area contributed by atoms with Crippen LogP contribution < -0.4 is 0 Å². The van der Waals surface area contributed by atoms with Crippen LogP contribution in [0.1, 0.15) is 36.0 Å². The summed E-state index contributed by atoms with van der Waals surface area (Å²) >= 11 is 0. The lowest BCUT2D eigenvalue weighted by atomic mass is 9.93. The molecule has 0 atom stereocenters. The highest BCUT2D eigenvalue weighted by atomic mass is 16.3. The van der Waals surface area contributed by atoms with Gasteiger partial charge in [-0.3, -0.25) is 9.59 Å². The topological polar surface area (TPSA) is 57.6 Å². The number of phenolic OH excluding ortho intramolecular Hbond substituents is 1. The van der Waals surface area contributed by atoms with E-state index in [2.05, 4.69) is 0 Å². The van der Waals surface area contributed by atoms with E-state index in [9.17, 15) is 14.7 Å². The van der Waals surface area contributed by atoms with Crippen LogP contribution in [0.2, 0.25) is 0 Å². The second-order valence-electron chi connectivity index (χ2n) is 4.73. The molecule has 1 fully saturated rings. The minimum absolute atomic E-state index is 0.0608. The van der Waals surface area contributed by atoms with Gasteiger partial charge in [-0.1, -0.05) is 0 Å². The molecule has 1 aromatic carbocycles. The third-order valence-corrected chi connectivity index (χ3v) is 3.50. The van der Waals surface area contributed by atoms with Crippen molar-refractivity contribution in [2.24, 2.45) is 0 Å². The fraction of sp³-hybridized carbons (Fsp3) is 0.429. The van der Waals surface area contributed by atoms with E-state index in [1.54, 1.807) is 24.1 Å². The third-order valence-electron chi connectivity index (χ3n) is 3.50. The van der Waals surface area contributed by atoms with Crippen LogP contribution in [0.3, 0.4) is 0 Å². The molecule has 0 unspecified atom stereocenters. The second kappa shape index (κ2) is 5.21. The van der Waals surface area contributed by atoms with E-state index < -0.39 is 0 Å². The number of benzene rings is 1. The molecule has 1 N–H and O–H groups in total. The molecule has 0 saturated heterocycles. The largest absolute Gasteiger partial charge is 0.508 e. The lowest BCUT2D eigenvalue weighted by Gasteiger charge is -2.30. The van der Waals surface area contributed by atoms with Gasteiger partial charge in [0, 0.05) is 31.5 Å². The number of aromatic hydroxyl groups is 1. The summed E-state index contributed by atoms with van der Waals surface area (Å²) in [7, 11) is 1.77. The van der Waals surface area contributed by atoms with Gasteiger partial charge in [-0.05, 0) is 37.1 Å². The van der Waals surface area contributed by atoms with Gasteiger partial charge in [-0.15, -0.1) is 0 Å². The lowest BCUT2D eigenvalue weighted by molar-refractivity contribution is -0.121. The zero-order valence-electron chi connectivity index (χ0n) is 10.4. The van der Waals surface area contributed by atoms with E-state index in [4.69, 9.17) is 0 Å². The van der Waals surface area contributed by atoms with Crippen molar-refractivity contribution in [3.63, 3.8) is 0 Å². The number of carbonyl (C=O) groups excluding carboxylic acids is 2. The summed E-state index contributed by atoms with van der Waals surface area (Å²) in [6.45, 7) is 0. The molecule has 2 rings (SSSR count). The molecule has 4 nitrogen and oxygen atoms in total. The Kier molecular flexibility index (Phi) is 3.65. The second-order valence-corrected chi connectivity index (χ2v) is 4.73.